The summed E-state index contributed by atoms with van der Waals surface area (Å²) in [7, 11) is 0. The van der Waals surface area contributed by atoms with E-state index in [1.807, 2.05) is 0 Å². The maximum absolute atomic E-state index is 10.9. The molecule has 2 N–H and O–H groups in total. The highest BCUT2D eigenvalue weighted by Gasteiger charge is 2.15. The predicted molar refractivity (Wildman–Crippen MR) is 52.1 cm³/mol. The molecule has 0 aliphatic rings. The average Bonchev–Trinajstić information content (AvgIpc) is 1.80. The second kappa shape index (κ2) is 5.73. The molecule has 13 heavy (non-hydrogen) atoms. The van der Waals surface area contributed by atoms with Crippen molar-refractivity contribution in [1.82, 2.24) is 0 Å². The van der Waals surface area contributed by atoms with Gasteiger partial charge in [-0.2, -0.15) is 0 Å². The molecule has 3 heteroatoms. The fourth-order valence-electron chi connectivity index (χ4n) is 1.60. The topological polar surface area (TPSA) is 60.2 Å². The Morgan fingerprint density at radius 1 is 1.23 bits per heavy atom. The summed E-state index contributed by atoms with van der Waals surface area (Å²) in [6, 6.07) is 0. The van der Waals surface area contributed by atoms with Crippen molar-refractivity contribution >= 4 is 11.7 Å². The first-order valence-corrected chi connectivity index (χ1v) is 4.69. The lowest BCUT2D eigenvalue weighted by Gasteiger charge is -2.15. The first-order valence-electron chi connectivity index (χ1n) is 4.69. The molecule has 0 saturated carbocycles. The molecular weight excluding hydrogens is 166 g/mol. The number of hydrogen-bond donors (Lipinski definition) is 1. The van der Waals surface area contributed by atoms with Crippen LogP contribution in [0.1, 0.15) is 40.0 Å². The number of ketones is 1. The van der Waals surface area contributed by atoms with Gasteiger partial charge in [-0.1, -0.05) is 13.8 Å². The van der Waals surface area contributed by atoms with E-state index >= 15 is 0 Å². The minimum Gasteiger partial charge on any atom is -0.370 e. The lowest BCUT2D eigenvalue weighted by atomic mass is 9.90. The molecule has 1 atom stereocenters. The van der Waals surface area contributed by atoms with Crippen molar-refractivity contribution in [3.05, 3.63) is 0 Å². The van der Waals surface area contributed by atoms with Crippen molar-refractivity contribution in [2.75, 3.05) is 0 Å². The SMILES string of the molecule is CC(=O)C[C@H](CC(N)=O)CC(C)C. The fraction of sp³-hybridized carbons (Fsp3) is 0.800. The van der Waals surface area contributed by atoms with E-state index in [1.54, 1.807) is 6.92 Å². The fourth-order valence-corrected chi connectivity index (χ4v) is 1.60. The Labute approximate surface area is 79.7 Å². The van der Waals surface area contributed by atoms with Crippen LogP contribution >= 0.6 is 0 Å². The Morgan fingerprint density at radius 2 is 1.77 bits per heavy atom. The van der Waals surface area contributed by atoms with Crippen LogP contribution in [0.2, 0.25) is 0 Å². The van der Waals surface area contributed by atoms with Gasteiger partial charge in [0.25, 0.3) is 0 Å². The lowest BCUT2D eigenvalue weighted by Crippen LogP contribution is -2.19. The number of amides is 1. The molecule has 0 rings (SSSR count). The Kier molecular flexibility index (Phi) is 5.35. The van der Waals surface area contributed by atoms with Crippen molar-refractivity contribution in [1.29, 1.82) is 0 Å². The van der Waals surface area contributed by atoms with Crippen LogP contribution in [0.5, 0.6) is 0 Å². The number of primary amides is 1. The van der Waals surface area contributed by atoms with Crippen LogP contribution in [0, 0.1) is 11.8 Å². The number of carbonyl (C=O) groups is 2. The number of hydrogen-bond acceptors (Lipinski definition) is 2. The second-order valence-electron chi connectivity index (χ2n) is 4.07. The monoisotopic (exact) mass is 185 g/mol. The summed E-state index contributed by atoms with van der Waals surface area (Å²) in [6.07, 6.45) is 1.70. The Bertz CT molecular complexity index is 171. The van der Waals surface area contributed by atoms with Gasteiger partial charge >= 0.3 is 0 Å². The van der Waals surface area contributed by atoms with Gasteiger partial charge in [0.2, 0.25) is 5.91 Å². The molecule has 0 aromatic carbocycles. The van der Waals surface area contributed by atoms with Crippen molar-refractivity contribution in [2.24, 2.45) is 17.6 Å². The van der Waals surface area contributed by atoms with Crippen LogP contribution in [0.4, 0.5) is 0 Å². The second-order valence-corrected chi connectivity index (χ2v) is 4.07. The van der Waals surface area contributed by atoms with Gasteiger partial charge in [0.1, 0.15) is 5.78 Å². The summed E-state index contributed by atoms with van der Waals surface area (Å²) in [5.74, 6) is 0.456. The molecule has 0 fully saturated rings. The molecule has 0 aliphatic heterocycles. The van der Waals surface area contributed by atoms with E-state index in [4.69, 9.17) is 5.73 Å². The van der Waals surface area contributed by atoms with Crippen molar-refractivity contribution < 1.29 is 9.59 Å². The molecule has 3 nitrogen and oxygen atoms in total. The van der Waals surface area contributed by atoms with Crippen molar-refractivity contribution in [2.45, 2.75) is 40.0 Å². The van der Waals surface area contributed by atoms with E-state index in [2.05, 4.69) is 13.8 Å². The molecule has 0 unspecified atom stereocenters. The average molecular weight is 185 g/mol. The Hall–Kier alpha value is -0.860. The van der Waals surface area contributed by atoms with E-state index in [0.29, 0.717) is 18.8 Å². The van der Waals surface area contributed by atoms with Crippen LogP contribution < -0.4 is 5.73 Å². The van der Waals surface area contributed by atoms with Gasteiger partial charge in [0, 0.05) is 12.8 Å². The highest BCUT2D eigenvalue weighted by Crippen LogP contribution is 2.18. The first-order chi connectivity index (χ1) is 5.91. The van der Waals surface area contributed by atoms with Gasteiger partial charge in [-0.15, -0.1) is 0 Å². The standard InChI is InChI=1S/C10H19NO2/c1-7(2)4-9(5-8(3)12)6-10(11)13/h7,9H,4-6H2,1-3H3,(H2,11,13)/t9-/m1/s1. The molecule has 0 aliphatic carbocycles. The third-order valence-corrected chi connectivity index (χ3v) is 1.87. The third-order valence-electron chi connectivity index (χ3n) is 1.87. The molecule has 0 aromatic rings. The number of rotatable bonds is 6. The lowest BCUT2D eigenvalue weighted by molar-refractivity contribution is -0.120. The first kappa shape index (κ1) is 12.1. The zero-order valence-corrected chi connectivity index (χ0v) is 8.67. The zero-order chi connectivity index (χ0) is 10.4. The van der Waals surface area contributed by atoms with Crippen LogP contribution in [-0.2, 0) is 9.59 Å². The van der Waals surface area contributed by atoms with Gasteiger partial charge in [0.15, 0.2) is 0 Å². The van der Waals surface area contributed by atoms with Gasteiger partial charge in [-0.05, 0) is 25.2 Å². The summed E-state index contributed by atoms with van der Waals surface area (Å²) in [4.78, 5) is 21.5. The van der Waals surface area contributed by atoms with Crippen LogP contribution in [-0.4, -0.2) is 11.7 Å². The molecule has 76 valence electrons. The normalized spacial score (nSPS) is 12.9. The molecule has 0 heterocycles. The third kappa shape index (κ3) is 7.50. The quantitative estimate of drug-likeness (QED) is 0.681. The van der Waals surface area contributed by atoms with E-state index < -0.39 is 0 Å². The highest BCUT2D eigenvalue weighted by molar-refractivity contribution is 5.78. The minimum atomic E-state index is -0.313. The molecule has 0 aromatic heterocycles. The van der Waals surface area contributed by atoms with Gasteiger partial charge in [-0.3, -0.25) is 4.79 Å². The molecule has 0 bridgehead atoms. The predicted octanol–water partition coefficient (Wildman–Crippen LogP) is 1.50. The molecular formula is C10H19NO2. The smallest absolute Gasteiger partial charge is 0.217 e. The molecule has 0 saturated heterocycles. The summed E-state index contributed by atoms with van der Waals surface area (Å²) in [5, 5.41) is 0. The summed E-state index contributed by atoms with van der Waals surface area (Å²) in [6.45, 7) is 5.70. The number of Topliss-reactive ketones (excluding diaryl/α,β-unsaturated/α-hetero) is 1. The summed E-state index contributed by atoms with van der Waals surface area (Å²) >= 11 is 0. The van der Waals surface area contributed by atoms with E-state index in [1.165, 1.54) is 0 Å². The maximum Gasteiger partial charge on any atom is 0.217 e. The van der Waals surface area contributed by atoms with Gasteiger partial charge in [0.05, 0.1) is 0 Å². The van der Waals surface area contributed by atoms with Crippen LogP contribution in [0.3, 0.4) is 0 Å². The van der Waals surface area contributed by atoms with E-state index in [9.17, 15) is 9.59 Å². The number of nitrogens with two attached hydrogens (primary N) is 1. The summed E-state index contributed by atoms with van der Waals surface area (Å²) < 4.78 is 0. The van der Waals surface area contributed by atoms with Gasteiger partial charge in [-0.25, -0.2) is 0 Å². The molecule has 0 radical (unpaired) electrons. The molecule has 1 amide bonds. The summed E-state index contributed by atoms with van der Waals surface area (Å²) in [5.41, 5.74) is 5.09. The van der Waals surface area contributed by atoms with Crippen LogP contribution in [0.25, 0.3) is 0 Å². The van der Waals surface area contributed by atoms with Crippen LogP contribution in [0.15, 0.2) is 0 Å². The molecule has 0 spiro atoms. The highest BCUT2D eigenvalue weighted by atomic mass is 16.1. The van der Waals surface area contributed by atoms with Crippen molar-refractivity contribution in [3.63, 3.8) is 0 Å². The Balaban J connectivity index is 4.02. The van der Waals surface area contributed by atoms with Crippen molar-refractivity contribution in [3.8, 4) is 0 Å². The Morgan fingerprint density at radius 3 is 2.08 bits per heavy atom. The number of carbonyl (C=O) groups excluding carboxylic acids is 2. The maximum atomic E-state index is 10.9. The zero-order valence-electron chi connectivity index (χ0n) is 8.67. The van der Waals surface area contributed by atoms with E-state index in [-0.39, 0.29) is 17.6 Å². The largest absolute Gasteiger partial charge is 0.370 e. The van der Waals surface area contributed by atoms with Gasteiger partial charge < -0.3 is 10.5 Å². The van der Waals surface area contributed by atoms with E-state index in [0.717, 1.165) is 6.42 Å². The minimum absolute atomic E-state index is 0.131.